The molecule has 0 aliphatic heterocycles. The zero-order valence-electron chi connectivity index (χ0n) is 13.7. The fraction of sp³-hybridized carbons (Fsp3) is 0.222. The maximum absolute atomic E-state index is 12.8. The van der Waals surface area contributed by atoms with Crippen LogP contribution in [0.25, 0.3) is 0 Å². The third-order valence-electron chi connectivity index (χ3n) is 3.44. The average Bonchev–Trinajstić information content (AvgIpc) is 2.61. The van der Waals surface area contributed by atoms with E-state index < -0.39 is 11.7 Å². The van der Waals surface area contributed by atoms with Crippen molar-refractivity contribution < 1.29 is 18.7 Å². The number of halogens is 2. The molecule has 25 heavy (non-hydrogen) atoms. The number of carbonyl (C=O) groups is 2. The van der Waals surface area contributed by atoms with Gasteiger partial charge in [0.15, 0.2) is 0 Å². The van der Waals surface area contributed by atoms with Crippen LogP contribution in [-0.4, -0.2) is 43.5 Å². The minimum atomic E-state index is -0.423. The van der Waals surface area contributed by atoms with Crippen molar-refractivity contribution in [1.82, 2.24) is 10.2 Å². The summed E-state index contributed by atoms with van der Waals surface area (Å²) >= 11 is 3.34. The van der Waals surface area contributed by atoms with Gasteiger partial charge in [-0.1, -0.05) is 15.9 Å². The van der Waals surface area contributed by atoms with Crippen molar-refractivity contribution in [1.29, 1.82) is 0 Å². The van der Waals surface area contributed by atoms with E-state index in [1.54, 1.807) is 7.05 Å². The van der Waals surface area contributed by atoms with Crippen LogP contribution in [0.3, 0.4) is 0 Å². The molecule has 0 radical (unpaired) electrons. The van der Waals surface area contributed by atoms with Gasteiger partial charge in [-0.25, -0.2) is 4.39 Å². The summed E-state index contributed by atoms with van der Waals surface area (Å²) in [7, 11) is 1.64. The molecule has 7 heteroatoms. The van der Waals surface area contributed by atoms with Gasteiger partial charge in [0.05, 0.1) is 13.1 Å². The standard InChI is InChI=1S/C18H18BrFN2O3/c1-22(10-11-25-16-8-4-14(19)5-9-16)17(23)12-21-18(24)13-2-6-15(20)7-3-13/h2-9H,10-12H2,1H3,(H,21,24). The highest BCUT2D eigenvalue weighted by atomic mass is 79.9. The first-order chi connectivity index (χ1) is 12.0. The monoisotopic (exact) mass is 408 g/mol. The van der Waals surface area contributed by atoms with E-state index in [-0.39, 0.29) is 12.5 Å². The fourth-order valence-electron chi connectivity index (χ4n) is 1.95. The molecule has 0 fully saturated rings. The first-order valence-electron chi connectivity index (χ1n) is 7.62. The molecule has 2 rings (SSSR count). The second kappa shape index (κ2) is 9.17. The highest BCUT2D eigenvalue weighted by molar-refractivity contribution is 9.10. The van der Waals surface area contributed by atoms with Crippen LogP contribution in [0.4, 0.5) is 4.39 Å². The quantitative estimate of drug-likeness (QED) is 0.765. The van der Waals surface area contributed by atoms with E-state index in [1.807, 2.05) is 24.3 Å². The molecule has 0 saturated heterocycles. The Morgan fingerprint density at radius 3 is 2.40 bits per heavy atom. The maximum atomic E-state index is 12.8. The van der Waals surface area contributed by atoms with Crippen LogP contribution in [0.5, 0.6) is 5.75 Å². The predicted octanol–water partition coefficient (Wildman–Crippen LogP) is 2.86. The average molecular weight is 409 g/mol. The lowest BCUT2D eigenvalue weighted by Crippen LogP contribution is -2.39. The third-order valence-corrected chi connectivity index (χ3v) is 3.97. The van der Waals surface area contributed by atoms with Gasteiger partial charge >= 0.3 is 0 Å². The van der Waals surface area contributed by atoms with Gasteiger partial charge in [0.25, 0.3) is 5.91 Å². The van der Waals surface area contributed by atoms with Gasteiger partial charge in [-0.3, -0.25) is 9.59 Å². The van der Waals surface area contributed by atoms with Gasteiger partial charge in [0.1, 0.15) is 18.2 Å². The molecule has 0 bridgehead atoms. The Bertz CT molecular complexity index is 720. The summed E-state index contributed by atoms with van der Waals surface area (Å²) in [5.74, 6) is -0.366. The fourth-order valence-corrected chi connectivity index (χ4v) is 2.21. The van der Waals surface area contributed by atoms with Gasteiger partial charge in [0, 0.05) is 17.1 Å². The molecule has 0 aliphatic rings. The molecular weight excluding hydrogens is 391 g/mol. The predicted molar refractivity (Wildman–Crippen MR) is 96.0 cm³/mol. The van der Waals surface area contributed by atoms with Crippen molar-refractivity contribution in [3.63, 3.8) is 0 Å². The molecule has 1 N–H and O–H groups in total. The molecule has 0 spiro atoms. The lowest BCUT2D eigenvalue weighted by molar-refractivity contribution is -0.129. The first kappa shape index (κ1) is 18.9. The zero-order chi connectivity index (χ0) is 18.2. The van der Waals surface area contributed by atoms with Crippen LogP contribution in [0.15, 0.2) is 53.0 Å². The summed E-state index contributed by atoms with van der Waals surface area (Å²) in [5.41, 5.74) is 0.301. The van der Waals surface area contributed by atoms with Crippen LogP contribution in [0.1, 0.15) is 10.4 Å². The molecule has 0 saturated carbocycles. The number of likely N-dealkylation sites (N-methyl/N-ethyl adjacent to an activating group) is 1. The summed E-state index contributed by atoms with van der Waals surface area (Å²) in [6, 6.07) is 12.5. The van der Waals surface area contributed by atoms with Gasteiger partial charge in [-0.05, 0) is 48.5 Å². The smallest absolute Gasteiger partial charge is 0.251 e. The zero-order valence-corrected chi connectivity index (χ0v) is 15.3. The lowest BCUT2D eigenvalue weighted by Gasteiger charge is -2.18. The summed E-state index contributed by atoms with van der Waals surface area (Å²) in [6.45, 7) is 0.599. The van der Waals surface area contributed by atoms with E-state index in [0.717, 1.165) is 4.47 Å². The third kappa shape index (κ3) is 6.19. The highest BCUT2D eigenvalue weighted by Crippen LogP contribution is 2.15. The second-order valence-corrected chi connectivity index (χ2v) is 6.22. The van der Waals surface area contributed by atoms with Crippen molar-refractivity contribution >= 4 is 27.7 Å². The van der Waals surface area contributed by atoms with Gasteiger partial charge in [-0.15, -0.1) is 0 Å². The number of ether oxygens (including phenoxy) is 1. The molecule has 0 atom stereocenters. The molecule has 5 nitrogen and oxygen atoms in total. The molecule has 132 valence electrons. The second-order valence-electron chi connectivity index (χ2n) is 5.31. The van der Waals surface area contributed by atoms with Gasteiger partial charge in [0.2, 0.25) is 5.91 Å². The van der Waals surface area contributed by atoms with Crippen molar-refractivity contribution in [3.05, 3.63) is 64.4 Å². The number of amides is 2. The van der Waals surface area contributed by atoms with E-state index >= 15 is 0 Å². The number of rotatable bonds is 7. The molecule has 2 aromatic rings. The number of hydrogen-bond acceptors (Lipinski definition) is 3. The van der Waals surface area contributed by atoms with Crippen LogP contribution in [0.2, 0.25) is 0 Å². The summed E-state index contributed by atoms with van der Waals surface area (Å²) in [6.07, 6.45) is 0. The normalized spacial score (nSPS) is 10.2. The lowest BCUT2D eigenvalue weighted by atomic mass is 10.2. The number of benzene rings is 2. The van der Waals surface area contributed by atoms with Crippen LogP contribution in [0, 0.1) is 5.82 Å². The van der Waals surface area contributed by atoms with Crippen LogP contribution < -0.4 is 10.1 Å². The number of hydrogen-bond donors (Lipinski definition) is 1. The summed E-state index contributed by atoms with van der Waals surface area (Å²) < 4.78 is 19.3. The first-order valence-corrected chi connectivity index (χ1v) is 8.41. The topological polar surface area (TPSA) is 58.6 Å². The minimum absolute atomic E-state index is 0.134. The van der Waals surface area contributed by atoms with Gasteiger partial charge in [-0.2, -0.15) is 0 Å². The summed E-state index contributed by atoms with van der Waals surface area (Å²) in [4.78, 5) is 25.4. The largest absolute Gasteiger partial charge is 0.492 e. The highest BCUT2D eigenvalue weighted by Gasteiger charge is 2.12. The Morgan fingerprint density at radius 1 is 1.12 bits per heavy atom. The molecule has 0 aliphatic carbocycles. The van der Waals surface area contributed by atoms with Crippen LogP contribution >= 0.6 is 15.9 Å². The molecule has 2 aromatic carbocycles. The molecule has 2 amide bonds. The maximum Gasteiger partial charge on any atom is 0.251 e. The Hall–Kier alpha value is -2.41. The Morgan fingerprint density at radius 2 is 1.76 bits per heavy atom. The summed E-state index contributed by atoms with van der Waals surface area (Å²) in [5, 5.41) is 2.51. The van der Waals surface area contributed by atoms with Crippen molar-refractivity contribution in [2.24, 2.45) is 0 Å². The SMILES string of the molecule is CN(CCOc1ccc(Br)cc1)C(=O)CNC(=O)c1ccc(F)cc1. The number of carbonyl (C=O) groups excluding carboxylic acids is 2. The minimum Gasteiger partial charge on any atom is -0.492 e. The van der Waals surface area contributed by atoms with Crippen molar-refractivity contribution in [3.8, 4) is 5.75 Å². The molecule has 0 unspecified atom stereocenters. The van der Waals surface area contributed by atoms with E-state index in [0.29, 0.717) is 24.5 Å². The van der Waals surface area contributed by atoms with E-state index in [4.69, 9.17) is 4.74 Å². The Labute approximate surface area is 153 Å². The number of nitrogens with zero attached hydrogens (tertiary/aromatic N) is 1. The van der Waals surface area contributed by atoms with E-state index in [2.05, 4.69) is 21.2 Å². The Balaban J connectivity index is 1.71. The molecular formula is C18H18BrFN2O3. The molecule has 0 aromatic heterocycles. The van der Waals surface area contributed by atoms with E-state index in [1.165, 1.54) is 29.2 Å². The Kier molecular flexibility index (Phi) is 6.94. The van der Waals surface area contributed by atoms with E-state index in [9.17, 15) is 14.0 Å². The molecule has 0 heterocycles. The van der Waals surface area contributed by atoms with Gasteiger partial charge < -0.3 is 15.0 Å². The van der Waals surface area contributed by atoms with Crippen molar-refractivity contribution in [2.75, 3.05) is 26.7 Å². The number of nitrogens with one attached hydrogen (secondary N) is 1. The van der Waals surface area contributed by atoms with Crippen molar-refractivity contribution in [2.45, 2.75) is 0 Å². The van der Waals surface area contributed by atoms with Crippen LogP contribution in [-0.2, 0) is 4.79 Å².